The van der Waals surface area contributed by atoms with Gasteiger partial charge >= 0.3 is 0 Å². The second-order valence-corrected chi connectivity index (χ2v) is 6.05. The van der Waals surface area contributed by atoms with E-state index in [1.165, 1.54) is 5.56 Å². The van der Waals surface area contributed by atoms with Crippen molar-refractivity contribution < 1.29 is 0 Å². The number of nitrogens with zero attached hydrogens (tertiary/aromatic N) is 2. The van der Waals surface area contributed by atoms with Crippen LogP contribution in [0.25, 0.3) is 11.1 Å². The van der Waals surface area contributed by atoms with E-state index in [0.29, 0.717) is 5.82 Å². The molecule has 22 heavy (non-hydrogen) atoms. The van der Waals surface area contributed by atoms with Crippen molar-refractivity contribution >= 4 is 5.82 Å². The third kappa shape index (κ3) is 2.29. The highest BCUT2D eigenvalue weighted by Gasteiger charge is 2.28. The maximum absolute atomic E-state index is 6.46. The van der Waals surface area contributed by atoms with Crippen molar-refractivity contribution in [2.75, 3.05) is 5.73 Å². The summed E-state index contributed by atoms with van der Waals surface area (Å²) in [5.41, 5.74) is 10.4. The van der Waals surface area contributed by atoms with Gasteiger partial charge in [0.25, 0.3) is 0 Å². The number of nitrogens with two attached hydrogens (primary N) is 1. The molecule has 0 aliphatic heterocycles. The zero-order valence-corrected chi connectivity index (χ0v) is 13.2. The van der Waals surface area contributed by atoms with E-state index in [4.69, 9.17) is 10.8 Å². The summed E-state index contributed by atoms with van der Waals surface area (Å²) in [6.45, 7) is 6.29. The standard InChI is InChI=1S/C19H21N3/c1-14-17(15-10-6-4-7-11-15)18(20)22(21-14)19(2,3)16-12-8-5-9-13-16/h4-13H,20H2,1-3H3. The second-order valence-electron chi connectivity index (χ2n) is 6.05. The summed E-state index contributed by atoms with van der Waals surface area (Å²) in [5, 5.41) is 4.73. The first-order valence-corrected chi connectivity index (χ1v) is 7.48. The van der Waals surface area contributed by atoms with Crippen LogP contribution in [0.4, 0.5) is 5.82 Å². The molecule has 0 radical (unpaired) electrons. The number of nitrogen functional groups attached to an aromatic ring is 1. The first kappa shape index (κ1) is 14.4. The topological polar surface area (TPSA) is 43.8 Å². The van der Waals surface area contributed by atoms with E-state index in [2.05, 4.69) is 38.1 Å². The molecule has 0 saturated heterocycles. The van der Waals surface area contributed by atoms with Crippen LogP contribution >= 0.6 is 0 Å². The van der Waals surface area contributed by atoms with Crippen LogP contribution in [0.15, 0.2) is 60.7 Å². The fourth-order valence-electron chi connectivity index (χ4n) is 2.90. The average Bonchev–Trinajstić information content (AvgIpc) is 2.84. The van der Waals surface area contributed by atoms with Crippen molar-refractivity contribution in [2.45, 2.75) is 26.3 Å². The maximum atomic E-state index is 6.46. The minimum absolute atomic E-state index is 0.302. The highest BCUT2D eigenvalue weighted by atomic mass is 15.4. The lowest BCUT2D eigenvalue weighted by molar-refractivity contribution is 0.395. The largest absolute Gasteiger partial charge is 0.383 e. The molecule has 0 fully saturated rings. The van der Waals surface area contributed by atoms with Gasteiger partial charge in [0.05, 0.1) is 11.2 Å². The van der Waals surface area contributed by atoms with Gasteiger partial charge in [-0.05, 0) is 31.9 Å². The van der Waals surface area contributed by atoms with Crippen LogP contribution in [0.3, 0.4) is 0 Å². The Labute approximate surface area is 131 Å². The van der Waals surface area contributed by atoms with E-state index in [0.717, 1.165) is 16.8 Å². The van der Waals surface area contributed by atoms with E-state index in [9.17, 15) is 0 Å². The smallest absolute Gasteiger partial charge is 0.130 e. The Morgan fingerprint density at radius 3 is 2.05 bits per heavy atom. The van der Waals surface area contributed by atoms with Crippen LogP contribution in [-0.4, -0.2) is 9.78 Å². The molecule has 0 unspecified atom stereocenters. The molecule has 0 aliphatic carbocycles. The number of benzene rings is 2. The molecule has 112 valence electrons. The number of anilines is 1. The summed E-state index contributed by atoms with van der Waals surface area (Å²) < 4.78 is 1.93. The number of aromatic nitrogens is 2. The van der Waals surface area contributed by atoms with Crippen LogP contribution in [0.2, 0.25) is 0 Å². The molecular formula is C19H21N3. The van der Waals surface area contributed by atoms with Gasteiger partial charge in [-0.3, -0.25) is 0 Å². The van der Waals surface area contributed by atoms with Gasteiger partial charge < -0.3 is 5.73 Å². The Balaban J connectivity index is 2.14. The van der Waals surface area contributed by atoms with E-state index in [1.807, 2.05) is 48.0 Å². The van der Waals surface area contributed by atoms with E-state index < -0.39 is 0 Å². The fraction of sp³-hybridized carbons (Fsp3) is 0.211. The summed E-state index contributed by atoms with van der Waals surface area (Å²) in [4.78, 5) is 0. The Hall–Kier alpha value is -2.55. The SMILES string of the molecule is Cc1nn(C(C)(C)c2ccccc2)c(N)c1-c1ccccc1. The third-order valence-corrected chi connectivity index (χ3v) is 4.17. The van der Waals surface area contributed by atoms with Gasteiger partial charge in [0.1, 0.15) is 5.82 Å². The monoisotopic (exact) mass is 291 g/mol. The normalized spacial score (nSPS) is 11.6. The Morgan fingerprint density at radius 1 is 0.909 bits per heavy atom. The van der Waals surface area contributed by atoms with Crippen molar-refractivity contribution in [3.63, 3.8) is 0 Å². The predicted octanol–water partition coefficient (Wildman–Crippen LogP) is 4.22. The van der Waals surface area contributed by atoms with Gasteiger partial charge in [-0.15, -0.1) is 0 Å². The molecule has 1 heterocycles. The number of hydrogen-bond acceptors (Lipinski definition) is 2. The highest BCUT2D eigenvalue weighted by Crippen LogP contribution is 2.35. The summed E-state index contributed by atoms with van der Waals surface area (Å²) in [5.74, 6) is 0.706. The first-order chi connectivity index (χ1) is 10.5. The molecular weight excluding hydrogens is 270 g/mol. The lowest BCUT2D eigenvalue weighted by atomic mass is 9.94. The predicted molar refractivity (Wildman–Crippen MR) is 91.7 cm³/mol. The molecule has 2 N–H and O–H groups in total. The molecule has 0 aliphatic rings. The van der Waals surface area contributed by atoms with Crippen molar-refractivity contribution in [3.8, 4) is 11.1 Å². The Morgan fingerprint density at radius 2 is 1.45 bits per heavy atom. The van der Waals surface area contributed by atoms with Crippen LogP contribution < -0.4 is 5.73 Å². The zero-order valence-electron chi connectivity index (χ0n) is 13.2. The molecule has 0 bridgehead atoms. The van der Waals surface area contributed by atoms with Crippen LogP contribution in [0.5, 0.6) is 0 Å². The summed E-state index contributed by atoms with van der Waals surface area (Å²) in [7, 11) is 0. The van der Waals surface area contributed by atoms with Gasteiger partial charge in [0.2, 0.25) is 0 Å². The molecule has 3 rings (SSSR count). The molecule has 3 nitrogen and oxygen atoms in total. The lowest BCUT2D eigenvalue weighted by Crippen LogP contribution is -2.30. The minimum Gasteiger partial charge on any atom is -0.383 e. The number of hydrogen-bond donors (Lipinski definition) is 1. The van der Waals surface area contributed by atoms with Gasteiger partial charge in [0.15, 0.2) is 0 Å². The van der Waals surface area contributed by atoms with Crippen molar-refractivity contribution in [2.24, 2.45) is 0 Å². The molecule has 3 aromatic rings. The molecule has 0 saturated carbocycles. The first-order valence-electron chi connectivity index (χ1n) is 7.48. The van der Waals surface area contributed by atoms with E-state index in [-0.39, 0.29) is 5.54 Å². The maximum Gasteiger partial charge on any atom is 0.130 e. The minimum atomic E-state index is -0.302. The van der Waals surface area contributed by atoms with Gasteiger partial charge in [-0.1, -0.05) is 60.7 Å². The quantitative estimate of drug-likeness (QED) is 0.785. The van der Waals surface area contributed by atoms with E-state index >= 15 is 0 Å². The Bertz CT molecular complexity index is 771. The van der Waals surface area contributed by atoms with Crippen molar-refractivity contribution in [1.29, 1.82) is 0 Å². The van der Waals surface area contributed by atoms with Crippen molar-refractivity contribution in [1.82, 2.24) is 9.78 Å². The summed E-state index contributed by atoms with van der Waals surface area (Å²) >= 11 is 0. The van der Waals surface area contributed by atoms with Crippen LogP contribution in [-0.2, 0) is 5.54 Å². The van der Waals surface area contributed by atoms with Crippen molar-refractivity contribution in [3.05, 3.63) is 71.9 Å². The van der Waals surface area contributed by atoms with Gasteiger partial charge in [0, 0.05) is 5.56 Å². The second kappa shape index (κ2) is 5.34. The molecule has 0 spiro atoms. The van der Waals surface area contributed by atoms with Gasteiger partial charge in [-0.2, -0.15) is 5.10 Å². The summed E-state index contributed by atoms with van der Waals surface area (Å²) in [6, 6.07) is 20.5. The van der Waals surface area contributed by atoms with E-state index in [1.54, 1.807) is 0 Å². The molecule has 0 amide bonds. The number of rotatable bonds is 3. The molecule has 3 heteroatoms. The van der Waals surface area contributed by atoms with Crippen LogP contribution in [0, 0.1) is 6.92 Å². The highest BCUT2D eigenvalue weighted by molar-refractivity contribution is 5.76. The fourth-order valence-corrected chi connectivity index (χ4v) is 2.90. The Kier molecular flexibility index (Phi) is 3.49. The molecule has 1 aromatic heterocycles. The summed E-state index contributed by atoms with van der Waals surface area (Å²) in [6.07, 6.45) is 0. The lowest BCUT2D eigenvalue weighted by Gasteiger charge is -2.27. The van der Waals surface area contributed by atoms with Gasteiger partial charge in [-0.25, -0.2) is 4.68 Å². The zero-order chi connectivity index (χ0) is 15.7. The molecule has 2 aromatic carbocycles. The average molecular weight is 291 g/mol. The van der Waals surface area contributed by atoms with Crippen LogP contribution in [0.1, 0.15) is 25.1 Å². The number of aryl methyl sites for hydroxylation is 1. The third-order valence-electron chi connectivity index (χ3n) is 4.17. The molecule has 0 atom stereocenters.